The van der Waals surface area contributed by atoms with E-state index in [0.717, 1.165) is 0 Å². The number of amides is 1. The molecule has 160 valence electrons. The minimum Gasteiger partial charge on any atom is -0.321 e. The van der Waals surface area contributed by atoms with Gasteiger partial charge in [-0.15, -0.1) is 0 Å². The van der Waals surface area contributed by atoms with E-state index < -0.39 is 15.9 Å². The Morgan fingerprint density at radius 1 is 0.806 bits per heavy atom. The van der Waals surface area contributed by atoms with Gasteiger partial charge < -0.3 is 5.32 Å². The fourth-order valence-corrected chi connectivity index (χ4v) is 4.32. The lowest BCUT2D eigenvalue weighted by atomic mass is 10.2. The number of halogens is 4. The van der Waals surface area contributed by atoms with Gasteiger partial charge in [-0.1, -0.05) is 52.5 Å². The van der Waals surface area contributed by atoms with Crippen LogP contribution < -0.4 is 10.0 Å². The minimum absolute atomic E-state index is 0.0770. The average Bonchev–Trinajstić information content (AvgIpc) is 2.70. The van der Waals surface area contributed by atoms with Crippen molar-refractivity contribution < 1.29 is 13.2 Å². The van der Waals surface area contributed by atoms with Gasteiger partial charge in [-0.05, 0) is 66.2 Å². The Hall–Kier alpha value is -2.22. The van der Waals surface area contributed by atoms with Gasteiger partial charge >= 0.3 is 0 Å². The summed E-state index contributed by atoms with van der Waals surface area (Å²) in [5.74, 6) is -0.520. The predicted octanol–water partition coefficient (Wildman–Crippen LogP) is 6.75. The van der Waals surface area contributed by atoms with Crippen LogP contribution in [-0.4, -0.2) is 14.3 Å². The molecule has 0 spiro atoms. The Balaban J connectivity index is 1.77. The average molecular weight is 516 g/mol. The number of hydrogen-bond acceptors (Lipinski definition) is 3. The van der Waals surface area contributed by atoms with E-state index in [2.05, 4.69) is 10.0 Å². The van der Waals surface area contributed by atoms with Crippen molar-refractivity contribution >= 4 is 79.8 Å². The molecule has 0 saturated heterocycles. The van der Waals surface area contributed by atoms with Gasteiger partial charge in [0.15, 0.2) is 0 Å². The molecule has 0 fully saturated rings. The number of nitrogens with one attached hydrogen (secondary N) is 2. The van der Waals surface area contributed by atoms with Gasteiger partial charge in [0.25, 0.3) is 10.0 Å². The van der Waals surface area contributed by atoms with Crippen LogP contribution in [0.1, 0.15) is 5.56 Å². The number of anilines is 2. The third-order valence-electron chi connectivity index (χ3n) is 3.98. The smallest absolute Gasteiger partial charge is 0.261 e. The van der Waals surface area contributed by atoms with Gasteiger partial charge in [0, 0.05) is 26.8 Å². The summed E-state index contributed by atoms with van der Waals surface area (Å²) in [6.45, 7) is 0. The fraction of sp³-hybridized carbons (Fsp3) is 0. The van der Waals surface area contributed by atoms with Crippen LogP contribution in [0.4, 0.5) is 11.4 Å². The van der Waals surface area contributed by atoms with E-state index in [1.807, 2.05) is 0 Å². The molecular weight excluding hydrogens is 502 g/mol. The molecule has 0 aliphatic heterocycles. The van der Waals surface area contributed by atoms with Crippen molar-refractivity contribution in [3.8, 4) is 0 Å². The third kappa shape index (κ3) is 6.38. The van der Waals surface area contributed by atoms with E-state index in [1.165, 1.54) is 42.5 Å². The first-order chi connectivity index (χ1) is 14.6. The molecule has 0 bridgehead atoms. The van der Waals surface area contributed by atoms with Crippen LogP contribution in [0.15, 0.2) is 71.6 Å². The normalized spacial score (nSPS) is 11.5. The molecule has 0 heterocycles. The summed E-state index contributed by atoms with van der Waals surface area (Å²) in [7, 11) is -3.92. The number of hydrogen-bond donors (Lipinski definition) is 2. The molecule has 5 nitrogen and oxygen atoms in total. The number of rotatable bonds is 6. The van der Waals surface area contributed by atoms with E-state index in [9.17, 15) is 13.2 Å². The van der Waals surface area contributed by atoms with E-state index in [1.54, 1.807) is 30.3 Å². The second-order valence-corrected chi connectivity index (χ2v) is 9.61. The van der Waals surface area contributed by atoms with Gasteiger partial charge in [0.2, 0.25) is 5.91 Å². The molecular formula is C21H14Cl4N2O3S. The summed E-state index contributed by atoms with van der Waals surface area (Å²) in [4.78, 5) is 12.2. The van der Waals surface area contributed by atoms with Crippen LogP contribution in [0.25, 0.3) is 6.08 Å². The molecule has 0 aliphatic carbocycles. The lowest BCUT2D eigenvalue weighted by Crippen LogP contribution is -2.14. The number of sulfonamides is 1. The highest BCUT2D eigenvalue weighted by molar-refractivity contribution is 7.92. The Morgan fingerprint density at radius 2 is 1.48 bits per heavy atom. The molecule has 2 N–H and O–H groups in total. The Bertz CT molecular complexity index is 1260. The number of carbonyl (C=O) groups is 1. The maximum absolute atomic E-state index is 12.7. The summed E-state index contributed by atoms with van der Waals surface area (Å²) >= 11 is 23.9. The zero-order valence-electron chi connectivity index (χ0n) is 15.6. The van der Waals surface area contributed by atoms with E-state index in [0.29, 0.717) is 26.3 Å². The van der Waals surface area contributed by atoms with E-state index in [-0.39, 0.29) is 15.6 Å². The van der Waals surface area contributed by atoms with Crippen LogP contribution in [0.5, 0.6) is 0 Å². The maximum Gasteiger partial charge on any atom is 0.261 e. The van der Waals surface area contributed by atoms with Crippen molar-refractivity contribution in [1.82, 2.24) is 0 Å². The van der Waals surface area contributed by atoms with Crippen LogP contribution in [0.2, 0.25) is 20.1 Å². The Kier molecular flexibility index (Phi) is 7.51. The third-order valence-corrected chi connectivity index (χ3v) is 6.50. The summed E-state index contributed by atoms with van der Waals surface area (Å²) in [6, 6.07) is 15.0. The molecule has 3 rings (SSSR count). The monoisotopic (exact) mass is 514 g/mol. The van der Waals surface area contributed by atoms with Crippen molar-refractivity contribution in [3.63, 3.8) is 0 Å². The van der Waals surface area contributed by atoms with Gasteiger partial charge in [-0.3, -0.25) is 9.52 Å². The SMILES string of the molecule is O=C(C=Cc1ccc(Cl)cc1Cl)Nc1cc(S(=O)(=O)Nc2ccc(Cl)cc2)ccc1Cl. The molecule has 0 atom stereocenters. The van der Waals surface area contributed by atoms with Crippen molar-refractivity contribution in [2.24, 2.45) is 0 Å². The zero-order chi connectivity index (χ0) is 22.6. The summed E-state index contributed by atoms with van der Waals surface area (Å²) < 4.78 is 27.8. The topological polar surface area (TPSA) is 75.3 Å². The molecule has 0 saturated carbocycles. The van der Waals surface area contributed by atoms with Crippen LogP contribution in [-0.2, 0) is 14.8 Å². The van der Waals surface area contributed by atoms with Crippen molar-refractivity contribution in [2.45, 2.75) is 4.90 Å². The fourth-order valence-electron chi connectivity index (χ4n) is 2.48. The number of benzene rings is 3. The predicted molar refractivity (Wildman–Crippen MR) is 128 cm³/mol. The van der Waals surface area contributed by atoms with Crippen LogP contribution in [0.3, 0.4) is 0 Å². The van der Waals surface area contributed by atoms with Gasteiger partial charge in [-0.2, -0.15) is 0 Å². The summed E-state index contributed by atoms with van der Waals surface area (Å²) in [5.41, 5.74) is 1.07. The molecule has 3 aromatic rings. The highest BCUT2D eigenvalue weighted by atomic mass is 35.5. The molecule has 31 heavy (non-hydrogen) atoms. The first kappa shape index (κ1) is 23.4. The molecule has 0 unspecified atom stereocenters. The molecule has 1 amide bonds. The Labute approximate surface area is 199 Å². The molecule has 10 heteroatoms. The van der Waals surface area contributed by atoms with E-state index >= 15 is 0 Å². The zero-order valence-corrected chi connectivity index (χ0v) is 19.4. The molecule has 0 aliphatic rings. The largest absolute Gasteiger partial charge is 0.321 e. The first-order valence-electron chi connectivity index (χ1n) is 8.66. The standard InChI is InChI=1S/C21H14Cl4N2O3S/c22-14-4-6-16(7-5-14)27-31(29,30)17-8-9-18(24)20(12-17)26-21(28)10-2-13-1-3-15(23)11-19(13)25/h1-12,27H,(H,26,28). The quantitative estimate of drug-likeness (QED) is 0.356. The molecule has 0 aromatic heterocycles. The maximum atomic E-state index is 12.7. The Morgan fingerprint density at radius 3 is 2.16 bits per heavy atom. The molecule has 3 aromatic carbocycles. The lowest BCUT2D eigenvalue weighted by molar-refractivity contribution is -0.111. The minimum atomic E-state index is -3.92. The van der Waals surface area contributed by atoms with Gasteiger partial charge in [0.05, 0.1) is 15.6 Å². The van der Waals surface area contributed by atoms with Crippen molar-refractivity contribution in [1.29, 1.82) is 0 Å². The van der Waals surface area contributed by atoms with E-state index in [4.69, 9.17) is 46.4 Å². The highest BCUT2D eigenvalue weighted by Gasteiger charge is 2.17. The van der Waals surface area contributed by atoms with Gasteiger partial charge in [0.1, 0.15) is 0 Å². The van der Waals surface area contributed by atoms with Crippen LogP contribution >= 0.6 is 46.4 Å². The first-order valence-corrected chi connectivity index (χ1v) is 11.7. The lowest BCUT2D eigenvalue weighted by Gasteiger charge is -2.11. The second-order valence-electron chi connectivity index (χ2n) is 6.24. The second kappa shape index (κ2) is 9.94. The molecule has 0 radical (unpaired) electrons. The van der Waals surface area contributed by atoms with Crippen molar-refractivity contribution in [2.75, 3.05) is 10.0 Å². The van der Waals surface area contributed by atoms with Crippen LogP contribution in [0, 0.1) is 0 Å². The summed E-state index contributed by atoms with van der Waals surface area (Å²) in [6.07, 6.45) is 2.75. The van der Waals surface area contributed by atoms with Crippen molar-refractivity contribution in [3.05, 3.63) is 92.4 Å². The van der Waals surface area contributed by atoms with Gasteiger partial charge in [-0.25, -0.2) is 8.42 Å². The summed E-state index contributed by atoms with van der Waals surface area (Å²) in [5, 5.41) is 4.08. The highest BCUT2D eigenvalue weighted by Crippen LogP contribution is 2.27. The number of carbonyl (C=O) groups excluding carboxylic acids is 1.